The Labute approximate surface area is 214 Å². The van der Waals surface area contributed by atoms with Crippen LogP contribution >= 0.6 is 0 Å². The molecule has 0 unspecified atom stereocenters. The Morgan fingerprint density at radius 1 is 0.632 bits per heavy atom. The van der Waals surface area contributed by atoms with Crippen molar-refractivity contribution >= 4 is 0 Å². The van der Waals surface area contributed by atoms with Gasteiger partial charge in [-0.25, -0.2) is 26.3 Å². The summed E-state index contributed by atoms with van der Waals surface area (Å²) in [4.78, 5) is 0. The summed E-state index contributed by atoms with van der Waals surface area (Å²) in [6.07, 6.45) is 3.19. The molecule has 2 fully saturated rings. The molecule has 2 aliphatic rings. The Hall–Kier alpha value is -3.10. The second-order valence-electron chi connectivity index (χ2n) is 10.2. The fraction of sp³-hybridized carbons (Fsp3) is 0.379. The Morgan fingerprint density at radius 2 is 1.21 bits per heavy atom. The Kier molecular flexibility index (Phi) is 7.13. The lowest BCUT2D eigenvalue weighted by atomic mass is 9.67. The molecule has 0 amide bonds. The molecule has 0 heterocycles. The summed E-state index contributed by atoms with van der Waals surface area (Å²) in [5.74, 6) is -9.30. The van der Waals surface area contributed by atoms with E-state index >= 15 is 4.39 Å². The van der Waals surface area contributed by atoms with Gasteiger partial charge in [0, 0.05) is 17.7 Å². The number of benzene rings is 3. The van der Waals surface area contributed by atoms with E-state index in [2.05, 4.69) is 4.74 Å². The van der Waals surface area contributed by atoms with Crippen molar-refractivity contribution in [1.82, 2.24) is 0 Å². The quantitative estimate of drug-likeness (QED) is 0.224. The lowest BCUT2D eigenvalue weighted by molar-refractivity contribution is -0.189. The summed E-state index contributed by atoms with van der Waals surface area (Å²) in [5, 5.41) is 0. The third-order valence-electron chi connectivity index (χ3n) is 7.90. The van der Waals surface area contributed by atoms with Crippen molar-refractivity contribution in [2.45, 2.75) is 57.0 Å². The molecule has 3 aromatic carbocycles. The minimum absolute atomic E-state index is 0.118. The Morgan fingerprint density at radius 3 is 1.74 bits per heavy atom. The molecule has 1 nitrogen and oxygen atoms in total. The highest BCUT2D eigenvalue weighted by molar-refractivity contribution is 5.65. The van der Waals surface area contributed by atoms with Crippen molar-refractivity contribution in [2.24, 2.45) is 11.8 Å². The van der Waals surface area contributed by atoms with Crippen molar-refractivity contribution in [2.75, 3.05) is 0 Å². The lowest BCUT2D eigenvalue weighted by Crippen LogP contribution is -2.26. The van der Waals surface area contributed by atoms with Crippen LogP contribution in [0.3, 0.4) is 0 Å². The van der Waals surface area contributed by atoms with Crippen molar-refractivity contribution in [1.29, 1.82) is 0 Å². The van der Waals surface area contributed by atoms with E-state index in [1.54, 1.807) is 6.07 Å². The van der Waals surface area contributed by atoms with Gasteiger partial charge in [-0.1, -0.05) is 31.4 Å². The molecule has 5 rings (SSSR count). The van der Waals surface area contributed by atoms with Crippen LogP contribution in [0.5, 0.6) is 5.75 Å². The van der Waals surface area contributed by atoms with Crippen molar-refractivity contribution in [3.05, 3.63) is 88.5 Å². The van der Waals surface area contributed by atoms with Gasteiger partial charge in [-0.15, -0.1) is 0 Å². The molecule has 0 saturated heterocycles. The molecule has 0 radical (unpaired) electrons. The van der Waals surface area contributed by atoms with E-state index in [-0.39, 0.29) is 29.2 Å². The van der Waals surface area contributed by atoms with Crippen molar-refractivity contribution in [3.63, 3.8) is 0 Å². The molecular formula is C29H24F8O. The number of rotatable bonds is 6. The Balaban J connectivity index is 1.35. The maximum absolute atomic E-state index is 15.0. The number of halogens is 8. The fourth-order valence-corrected chi connectivity index (χ4v) is 5.65. The third kappa shape index (κ3) is 5.12. The molecule has 0 spiro atoms. The first kappa shape index (κ1) is 26.5. The van der Waals surface area contributed by atoms with E-state index in [0.717, 1.165) is 43.1 Å². The maximum atomic E-state index is 15.0. The predicted molar refractivity (Wildman–Crippen MR) is 125 cm³/mol. The molecular weight excluding hydrogens is 516 g/mol. The van der Waals surface area contributed by atoms with Gasteiger partial charge in [0.1, 0.15) is 28.8 Å². The highest BCUT2D eigenvalue weighted by atomic mass is 19.3. The molecule has 9 heteroatoms. The van der Waals surface area contributed by atoms with Gasteiger partial charge in [-0.3, -0.25) is 0 Å². The van der Waals surface area contributed by atoms with Gasteiger partial charge in [0.2, 0.25) is 0 Å². The molecule has 2 aliphatic carbocycles. The van der Waals surface area contributed by atoms with Gasteiger partial charge in [0.25, 0.3) is 0 Å². The van der Waals surface area contributed by atoms with Gasteiger partial charge in [0.05, 0.1) is 0 Å². The first-order valence-corrected chi connectivity index (χ1v) is 12.5. The van der Waals surface area contributed by atoms with E-state index in [1.165, 1.54) is 31.4 Å². The topological polar surface area (TPSA) is 9.23 Å². The van der Waals surface area contributed by atoms with Crippen LogP contribution in [0.4, 0.5) is 35.1 Å². The summed E-state index contributed by atoms with van der Waals surface area (Å²) in [6.45, 7) is 0. The highest BCUT2D eigenvalue weighted by Gasteiger charge is 2.42. The number of hydrogen-bond acceptors (Lipinski definition) is 1. The molecule has 38 heavy (non-hydrogen) atoms. The first-order valence-electron chi connectivity index (χ1n) is 12.5. The maximum Gasteiger partial charge on any atom is 0.432 e. The van der Waals surface area contributed by atoms with Crippen LogP contribution < -0.4 is 4.74 Å². The smallest absolute Gasteiger partial charge is 0.429 e. The van der Waals surface area contributed by atoms with Gasteiger partial charge in [-0.05, 0) is 72.8 Å². The molecule has 0 N–H and O–H groups in total. The van der Waals surface area contributed by atoms with Gasteiger partial charge in [0.15, 0.2) is 17.5 Å². The molecule has 3 aromatic rings. The van der Waals surface area contributed by atoms with E-state index in [0.29, 0.717) is 12.1 Å². The van der Waals surface area contributed by atoms with Crippen LogP contribution in [0.15, 0.2) is 42.5 Å². The van der Waals surface area contributed by atoms with Crippen LogP contribution in [0.1, 0.15) is 62.0 Å². The molecule has 0 bridgehead atoms. The average Bonchev–Trinajstić information content (AvgIpc) is 2.81. The van der Waals surface area contributed by atoms with Crippen LogP contribution in [-0.2, 0) is 6.11 Å². The minimum Gasteiger partial charge on any atom is -0.429 e. The van der Waals surface area contributed by atoms with E-state index in [4.69, 9.17) is 0 Å². The third-order valence-corrected chi connectivity index (χ3v) is 7.90. The minimum atomic E-state index is -4.72. The number of ether oxygens (including phenoxy) is 1. The van der Waals surface area contributed by atoms with Crippen LogP contribution in [0.2, 0.25) is 0 Å². The Bertz CT molecular complexity index is 1300. The largest absolute Gasteiger partial charge is 0.432 e. The van der Waals surface area contributed by atoms with Crippen molar-refractivity contribution in [3.8, 4) is 16.9 Å². The molecule has 0 aliphatic heterocycles. The van der Waals surface area contributed by atoms with Gasteiger partial charge >= 0.3 is 6.11 Å². The molecule has 202 valence electrons. The first-order chi connectivity index (χ1) is 18.0. The van der Waals surface area contributed by atoms with Gasteiger partial charge in [-0.2, -0.15) is 8.78 Å². The van der Waals surface area contributed by atoms with Crippen LogP contribution in [0.25, 0.3) is 11.1 Å². The second kappa shape index (κ2) is 10.2. The molecule has 0 aromatic heterocycles. The molecule has 2 saturated carbocycles. The summed E-state index contributed by atoms with van der Waals surface area (Å²) in [7, 11) is 0. The summed E-state index contributed by atoms with van der Waals surface area (Å²) < 4.78 is 118. The fourth-order valence-electron chi connectivity index (χ4n) is 5.65. The monoisotopic (exact) mass is 540 g/mol. The summed E-state index contributed by atoms with van der Waals surface area (Å²) in [5.41, 5.74) is -1.54. The van der Waals surface area contributed by atoms with Crippen LogP contribution in [0, 0.1) is 46.7 Å². The zero-order valence-electron chi connectivity index (χ0n) is 20.2. The zero-order valence-corrected chi connectivity index (χ0v) is 20.2. The normalized spacial score (nSPS) is 20.3. The molecule has 0 atom stereocenters. The second-order valence-corrected chi connectivity index (χ2v) is 10.2. The van der Waals surface area contributed by atoms with Gasteiger partial charge < -0.3 is 4.74 Å². The standard InChI is InChI=1S/C29H24F8O/c30-22-10-18(17-6-4-16(5-7-17)15-2-1-3-15)8-9-21(22)19-11-23(31)27(24(32)12-19)29(36,37)38-20-13-25(33)28(35)26(34)14-20/h8-17H,1-7H2. The number of alkyl halides is 2. The zero-order chi connectivity index (χ0) is 27.2. The van der Waals surface area contributed by atoms with E-state index in [9.17, 15) is 30.7 Å². The number of hydrogen-bond donors (Lipinski definition) is 0. The predicted octanol–water partition coefficient (Wildman–Crippen LogP) is 9.39. The SMILES string of the molecule is Fc1cc(C2CCC(C3CCC3)CC2)ccc1-c1cc(F)c(C(F)(F)Oc2cc(F)c(F)c(F)c2)c(F)c1. The lowest BCUT2D eigenvalue weighted by Gasteiger charge is -2.38. The highest BCUT2D eigenvalue weighted by Crippen LogP contribution is 2.45. The van der Waals surface area contributed by atoms with E-state index < -0.39 is 52.3 Å². The van der Waals surface area contributed by atoms with Crippen molar-refractivity contribution < 1.29 is 39.9 Å². The average molecular weight is 540 g/mol. The van der Waals surface area contributed by atoms with Crippen LogP contribution in [-0.4, -0.2) is 0 Å². The van der Waals surface area contributed by atoms with E-state index in [1.807, 2.05) is 0 Å². The summed E-state index contributed by atoms with van der Waals surface area (Å²) in [6, 6.07) is 5.68. The summed E-state index contributed by atoms with van der Waals surface area (Å²) >= 11 is 0.